The van der Waals surface area contributed by atoms with Gasteiger partial charge in [-0.05, 0) is 12.1 Å². The minimum atomic E-state index is -0.0343. The predicted molar refractivity (Wildman–Crippen MR) is 76.1 cm³/mol. The summed E-state index contributed by atoms with van der Waals surface area (Å²) in [5.41, 5.74) is 0. The molecule has 1 aliphatic rings. The molecule has 0 aliphatic carbocycles. The van der Waals surface area contributed by atoms with Crippen molar-refractivity contribution in [3.63, 3.8) is 0 Å². The van der Waals surface area contributed by atoms with Gasteiger partial charge in [-0.15, -0.1) is 0 Å². The molecule has 4 nitrogen and oxygen atoms in total. The molecule has 0 atom stereocenters. The molecule has 0 saturated carbocycles. The number of ether oxygens (including phenoxy) is 1. The Morgan fingerprint density at radius 1 is 1.32 bits per heavy atom. The average Bonchev–Trinajstić information content (AvgIpc) is 2.43. The van der Waals surface area contributed by atoms with Gasteiger partial charge < -0.3 is 15.0 Å². The molecule has 104 valence electrons. The van der Waals surface area contributed by atoms with Crippen LogP contribution in [-0.2, 0) is 0 Å². The lowest BCUT2D eigenvalue weighted by Gasteiger charge is -2.31. The van der Waals surface area contributed by atoms with Gasteiger partial charge in [0.2, 0.25) is 0 Å². The molecule has 19 heavy (non-hydrogen) atoms. The van der Waals surface area contributed by atoms with E-state index in [0.717, 1.165) is 12.8 Å². The fraction of sp³-hybridized carbons (Fsp3) is 0.462. The number of hydrogen-bond donors (Lipinski definition) is 1. The van der Waals surface area contributed by atoms with Crippen molar-refractivity contribution in [2.75, 3.05) is 20.1 Å². The first kappa shape index (κ1) is 14.3. The molecule has 1 fully saturated rings. The van der Waals surface area contributed by atoms with E-state index in [-0.39, 0.29) is 12.1 Å². The molecule has 0 unspecified atom stereocenters. The van der Waals surface area contributed by atoms with E-state index in [1.165, 1.54) is 0 Å². The monoisotopic (exact) mass is 302 g/mol. The summed E-state index contributed by atoms with van der Waals surface area (Å²) in [5, 5.41) is 3.63. The van der Waals surface area contributed by atoms with Crippen molar-refractivity contribution in [2.45, 2.75) is 18.9 Å². The van der Waals surface area contributed by atoms with Crippen LogP contribution in [0.5, 0.6) is 5.75 Å². The predicted octanol–water partition coefficient (Wildman–Crippen LogP) is 3.18. The number of hydrogen-bond acceptors (Lipinski definition) is 2. The van der Waals surface area contributed by atoms with Crippen LogP contribution < -0.4 is 10.1 Å². The molecule has 0 aromatic heterocycles. The first-order valence-electron chi connectivity index (χ1n) is 6.18. The number of benzene rings is 1. The summed E-state index contributed by atoms with van der Waals surface area (Å²) in [6.45, 7) is 1.40. The van der Waals surface area contributed by atoms with Crippen molar-refractivity contribution < 1.29 is 9.53 Å². The van der Waals surface area contributed by atoms with Gasteiger partial charge in [0.1, 0.15) is 11.9 Å². The van der Waals surface area contributed by atoms with Crippen molar-refractivity contribution in [2.24, 2.45) is 0 Å². The molecule has 1 aromatic rings. The smallest absolute Gasteiger partial charge is 0.317 e. The van der Waals surface area contributed by atoms with E-state index in [4.69, 9.17) is 27.9 Å². The zero-order valence-electron chi connectivity index (χ0n) is 10.7. The lowest BCUT2D eigenvalue weighted by atomic mass is 10.1. The van der Waals surface area contributed by atoms with Crippen molar-refractivity contribution in [3.05, 3.63) is 28.2 Å². The standard InChI is InChI=1S/C13H16Cl2N2O2/c1-16-13(18)17-6-4-9(5-7-17)19-10-2-3-11(14)12(15)8-10/h2-3,8-9H,4-7H2,1H3,(H,16,18). The first-order chi connectivity index (χ1) is 9.10. The van der Waals surface area contributed by atoms with Crippen molar-refractivity contribution in [1.29, 1.82) is 0 Å². The van der Waals surface area contributed by atoms with Gasteiger partial charge in [0.05, 0.1) is 10.0 Å². The van der Waals surface area contributed by atoms with Crippen molar-refractivity contribution >= 4 is 29.2 Å². The number of nitrogens with one attached hydrogen (secondary N) is 1. The summed E-state index contributed by atoms with van der Waals surface area (Å²) in [6.07, 6.45) is 1.74. The number of urea groups is 1. The Labute approximate surface area is 122 Å². The van der Waals surface area contributed by atoms with Crippen LogP contribution in [0.25, 0.3) is 0 Å². The molecule has 1 heterocycles. The molecule has 0 radical (unpaired) electrons. The summed E-state index contributed by atoms with van der Waals surface area (Å²) in [5.74, 6) is 0.716. The maximum Gasteiger partial charge on any atom is 0.317 e. The maximum absolute atomic E-state index is 11.5. The van der Waals surface area contributed by atoms with E-state index in [1.807, 2.05) is 0 Å². The van der Waals surface area contributed by atoms with Crippen molar-refractivity contribution in [1.82, 2.24) is 10.2 Å². The number of piperidine rings is 1. The third kappa shape index (κ3) is 3.67. The Morgan fingerprint density at radius 3 is 2.58 bits per heavy atom. The van der Waals surface area contributed by atoms with Gasteiger partial charge in [-0.3, -0.25) is 0 Å². The Kier molecular flexibility index (Phi) is 4.77. The van der Waals surface area contributed by atoms with Crippen LogP contribution in [0.2, 0.25) is 10.0 Å². The van der Waals surface area contributed by atoms with E-state index in [0.29, 0.717) is 28.9 Å². The topological polar surface area (TPSA) is 41.6 Å². The highest BCUT2D eigenvalue weighted by atomic mass is 35.5. The highest BCUT2D eigenvalue weighted by Crippen LogP contribution is 2.28. The van der Waals surface area contributed by atoms with Gasteiger partial charge in [-0.2, -0.15) is 0 Å². The number of rotatable bonds is 2. The molecular weight excluding hydrogens is 287 g/mol. The lowest BCUT2D eigenvalue weighted by molar-refractivity contribution is 0.112. The second kappa shape index (κ2) is 6.35. The Morgan fingerprint density at radius 2 is 2.00 bits per heavy atom. The van der Waals surface area contributed by atoms with Gasteiger partial charge in [0, 0.05) is 39.0 Å². The summed E-state index contributed by atoms with van der Waals surface area (Å²) in [7, 11) is 1.64. The van der Waals surface area contributed by atoms with E-state index in [2.05, 4.69) is 5.32 Å². The van der Waals surface area contributed by atoms with Crippen LogP contribution in [0.4, 0.5) is 4.79 Å². The fourth-order valence-electron chi connectivity index (χ4n) is 2.08. The molecular formula is C13H16Cl2N2O2. The average molecular weight is 303 g/mol. The number of carbonyl (C=O) groups is 1. The Hall–Kier alpha value is -1.13. The minimum Gasteiger partial charge on any atom is -0.490 e. The number of nitrogens with zero attached hydrogens (tertiary/aromatic N) is 1. The van der Waals surface area contributed by atoms with Gasteiger partial charge >= 0.3 is 6.03 Å². The van der Waals surface area contributed by atoms with Crippen LogP contribution in [0.15, 0.2) is 18.2 Å². The molecule has 0 bridgehead atoms. The summed E-state index contributed by atoms with van der Waals surface area (Å²) in [6, 6.07) is 5.21. The van der Waals surface area contributed by atoms with Gasteiger partial charge in [0.15, 0.2) is 0 Å². The van der Waals surface area contributed by atoms with E-state index < -0.39 is 0 Å². The summed E-state index contributed by atoms with van der Waals surface area (Å²) >= 11 is 11.8. The van der Waals surface area contributed by atoms with Crippen LogP contribution in [0.1, 0.15) is 12.8 Å². The van der Waals surface area contributed by atoms with Crippen LogP contribution >= 0.6 is 23.2 Å². The normalized spacial score (nSPS) is 16.3. The maximum atomic E-state index is 11.5. The largest absolute Gasteiger partial charge is 0.490 e. The van der Waals surface area contributed by atoms with Gasteiger partial charge in [-0.25, -0.2) is 4.79 Å². The second-order valence-corrected chi connectivity index (χ2v) is 5.25. The minimum absolute atomic E-state index is 0.0343. The van der Waals surface area contributed by atoms with Crippen LogP contribution in [-0.4, -0.2) is 37.2 Å². The molecule has 2 amide bonds. The number of amides is 2. The third-order valence-corrected chi connectivity index (χ3v) is 3.88. The molecule has 1 saturated heterocycles. The highest BCUT2D eigenvalue weighted by molar-refractivity contribution is 6.42. The first-order valence-corrected chi connectivity index (χ1v) is 6.94. The fourth-order valence-corrected chi connectivity index (χ4v) is 2.37. The Balaban J connectivity index is 1.88. The molecule has 1 N–H and O–H groups in total. The number of likely N-dealkylation sites (tertiary alicyclic amines) is 1. The summed E-state index contributed by atoms with van der Waals surface area (Å²) in [4.78, 5) is 13.2. The van der Waals surface area contributed by atoms with E-state index in [9.17, 15) is 4.79 Å². The van der Waals surface area contributed by atoms with Crippen LogP contribution in [0.3, 0.4) is 0 Å². The lowest BCUT2D eigenvalue weighted by Crippen LogP contribution is -2.45. The molecule has 6 heteroatoms. The highest BCUT2D eigenvalue weighted by Gasteiger charge is 2.23. The van der Waals surface area contributed by atoms with E-state index >= 15 is 0 Å². The number of carbonyl (C=O) groups excluding carboxylic acids is 1. The van der Waals surface area contributed by atoms with E-state index in [1.54, 1.807) is 30.1 Å². The quantitative estimate of drug-likeness (QED) is 0.911. The van der Waals surface area contributed by atoms with Crippen LogP contribution in [0, 0.1) is 0 Å². The molecule has 1 aliphatic heterocycles. The zero-order valence-corrected chi connectivity index (χ0v) is 12.2. The number of halogens is 2. The van der Waals surface area contributed by atoms with Gasteiger partial charge in [-0.1, -0.05) is 23.2 Å². The Bertz CT molecular complexity index is 460. The van der Waals surface area contributed by atoms with Gasteiger partial charge in [0.25, 0.3) is 0 Å². The zero-order chi connectivity index (χ0) is 13.8. The second-order valence-electron chi connectivity index (χ2n) is 4.44. The molecule has 0 spiro atoms. The SMILES string of the molecule is CNC(=O)N1CCC(Oc2ccc(Cl)c(Cl)c2)CC1. The molecule has 2 rings (SSSR count). The summed E-state index contributed by atoms with van der Waals surface area (Å²) < 4.78 is 5.85. The molecule has 1 aromatic carbocycles. The third-order valence-electron chi connectivity index (χ3n) is 3.14. The van der Waals surface area contributed by atoms with Crippen molar-refractivity contribution in [3.8, 4) is 5.75 Å².